The van der Waals surface area contributed by atoms with Gasteiger partial charge in [-0.15, -0.1) is 0 Å². The van der Waals surface area contributed by atoms with Gasteiger partial charge in [0, 0.05) is 19.3 Å². The molecule has 0 aromatic heterocycles. The molecule has 1 atom stereocenters. The van der Waals surface area contributed by atoms with Crippen molar-refractivity contribution in [3.8, 4) is 0 Å². The normalized spacial score (nSPS) is 12.5. The standard InChI is InChI=1S/C74H132O6/c1-4-7-10-13-16-19-22-25-28-30-32-34-35-36-37-38-39-41-42-44-46-49-52-55-58-61-64-67-73(76)79-70-71(69-78-72(75)66-63-60-57-54-51-48-27-24-21-18-15-12-9-6-3)80-74(77)68-65-62-59-56-53-50-47-45-43-40-33-31-29-26-23-20-17-14-11-8-5-2/h22-27,30-33,43,45,71H,4-21,28-29,34-42,44,46-70H2,1-3H3/b25-22-,26-23-,27-24-,32-30-,33-31-,45-43-. The van der Waals surface area contributed by atoms with Crippen molar-refractivity contribution in [2.24, 2.45) is 0 Å². The Hall–Kier alpha value is -3.15. The first-order valence-corrected chi connectivity index (χ1v) is 34.9. The summed E-state index contributed by atoms with van der Waals surface area (Å²) in [5.41, 5.74) is 0. The van der Waals surface area contributed by atoms with Crippen molar-refractivity contribution in [2.45, 2.75) is 367 Å². The van der Waals surface area contributed by atoms with E-state index in [1.54, 1.807) is 0 Å². The first kappa shape index (κ1) is 76.9. The summed E-state index contributed by atoms with van der Waals surface area (Å²) >= 11 is 0. The van der Waals surface area contributed by atoms with Crippen LogP contribution in [-0.2, 0) is 28.6 Å². The van der Waals surface area contributed by atoms with Crippen LogP contribution in [0.2, 0.25) is 0 Å². The molecule has 0 rings (SSSR count). The first-order valence-electron chi connectivity index (χ1n) is 34.9. The molecule has 0 amide bonds. The third kappa shape index (κ3) is 65.7. The number of rotatable bonds is 64. The topological polar surface area (TPSA) is 78.9 Å². The van der Waals surface area contributed by atoms with Crippen molar-refractivity contribution in [1.82, 2.24) is 0 Å². The highest BCUT2D eigenvalue weighted by Crippen LogP contribution is 2.17. The van der Waals surface area contributed by atoms with Crippen LogP contribution in [0.25, 0.3) is 0 Å². The lowest BCUT2D eigenvalue weighted by atomic mass is 10.0. The molecule has 1 unspecified atom stereocenters. The second-order valence-electron chi connectivity index (χ2n) is 23.4. The van der Waals surface area contributed by atoms with E-state index < -0.39 is 6.10 Å². The zero-order chi connectivity index (χ0) is 57.8. The average molecular weight is 1120 g/mol. The Bertz CT molecular complexity index is 1470. The van der Waals surface area contributed by atoms with E-state index in [1.165, 1.54) is 225 Å². The molecular weight excluding hydrogens is 985 g/mol. The van der Waals surface area contributed by atoms with Gasteiger partial charge in [-0.3, -0.25) is 14.4 Å². The van der Waals surface area contributed by atoms with Gasteiger partial charge in [-0.1, -0.05) is 299 Å². The Balaban J connectivity index is 4.30. The lowest BCUT2D eigenvalue weighted by Crippen LogP contribution is -2.30. The predicted octanol–water partition coefficient (Wildman–Crippen LogP) is 24.1. The van der Waals surface area contributed by atoms with E-state index in [1.807, 2.05) is 0 Å². The molecule has 0 N–H and O–H groups in total. The molecule has 6 heteroatoms. The monoisotopic (exact) mass is 1120 g/mol. The number of ether oxygens (including phenoxy) is 3. The van der Waals surface area contributed by atoms with Crippen LogP contribution < -0.4 is 0 Å². The summed E-state index contributed by atoms with van der Waals surface area (Å²) in [6, 6.07) is 0. The minimum Gasteiger partial charge on any atom is -0.462 e. The maximum absolute atomic E-state index is 12.9. The van der Waals surface area contributed by atoms with Gasteiger partial charge < -0.3 is 14.2 Å². The molecule has 0 fully saturated rings. The Morgan fingerprint density at radius 2 is 0.450 bits per heavy atom. The van der Waals surface area contributed by atoms with Gasteiger partial charge in [0.2, 0.25) is 0 Å². The summed E-state index contributed by atoms with van der Waals surface area (Å²) in [4.78, 5) is 38.4. The molecule has 0 saturated heterocycles. The van der Waals surface area contributed by atoms with E-state index >= 15 is 0 Å². The summed E-state index contributed by atoms with van der Waals surface area (Å²) in [6.45, 7) is 6.64. The van der Waals surface area contributed by atoms with E-state index in [2.05, 4.69) is 93.7 Å². The Labute approximate surface area is 497 Å². The molecule has 0 aliphatic rings. The summed E-state index contributed by atoms with van der Waals surface area (Å²) < 4.78 is 17.0. The van der Waals surface area contributed by atoms with Gasteiger partial charge in [0.25, 0.3) is 0 Å². The maximum Gasteiger partial charge on any atom is 0.306 e. The van der Waals surface area contributed by atoms with E-state index in [0.717, 1.165) is 96.3 Å². The fraction of sp³-hybridized carbons (Fsp3) is 0.797. The van der Waals surface area contributed by atoms with Gasteiger partial charge in [-0.2, -0.15) is 0 Å². The van der Waals surface area contributed by atoms with Gasteiger partial charge in [0.05, 0.1) is 0 Å². The lowest BCUT2D eigenvalue weighted by molar-refractivity contribution is -0.167. The second kappa shape index (κ2) is 68.3. The van der Waals surface area contributed by atoms with Crippen molar-refractivity contribution in [1.29, 1.82) is 0 Å². The average Bonchev–Trinajstić information content (AvgIpc) is 3.46. The zero-order valence-corrected chi connectivity index (χ0v) is 53.3. The molecule has 0 spiro atoms. The highest BCUT2D eigenvalue weighted by atomic mass is 16.6. The van der Waals surface area contributed by atoms with Crippen molar-refractivity contribution in [3.63, 3.8) is 0 Å². The number of esters is 3. The molecule has 0 aliphatic carbocycles. The van der Waals surface area contributed by atoms with Crippen LogP contribution in [0.3, 0.4) is 0 Å². The molecule has 0 aromatic carbocycles. The smallest absolute Gasteiger partial charge is 0.306 e. The van der Waals surface area contributed by atoms with E-state index in [4.69, 9.17) is 14.2 Å². The molecule has 0 heterocycles. The SMILES string of the molecule is CCCCCCC/C=C\C/C=C\C/C=C\CCCCCCCCC(=O)OC(COC(=O)CCCCCCC/C=C\CCCCCCC)COC(=O)CCCCCCCCCCCCCCCCC/C=C\C/C=C\CCCCCCC. The number of carbonyl (C=O) groups is 3. The minimum atomic E-state index is -0.787. The van der Waals surface area contributed by atoms with Gasteiger partial charge in [0.1, 0.15) is 13.2 Å². The van der Waals surface area contributed by atoms with Crippen LogP contribution in [0.4, 0.5) is 0 Å². The Kier molecular flexibility index (Phi) is 65.7. The molecular formula is C74H132O6. The molecule has 6 nitrogen and oxygen atoms in total. The van der Waals surface area contributed by atoms with Gasteiger partial charge in [-0.05, 0) is 116 Å². The quantitative estimate of drug-likeness (QED) is 0.0261. The summed E-state index contributed by atoms with van der Waals surface area (Å²) in [6.07, 6.45) is 89.2. The third-order valence-corrected chi connectivity index (χ3v) is 15.4. The second-order valence-corrected chi connectivity index (χ2v) is 23.4. The maximum atomic E-state index is 12.9. The Morgan fingerprint density at radius 1 is 0.250 bits per heavy atom. The number of unbranched alkanes of at least 4 members (excludes halogenated alkanes) is 41. The van der Waals surface area contributed by atoms with Gasteiger partial charge in [0.15, 0.2) is 6.10 Å². The molecule has 0 aromatic rings. The minimum absolute atomic E-state index is 0.0812. The Morgan fingerprint density at radius 3 is 0.713 bits per heavy atom. The largest absolute Gasteiger partial charge is 0.462 e. The summed E-state index contributed by atoms with van der Waals surface area (Å²) in [5, 5.41) is 0. The van der Waals surface area contributed by atoms with Gasteiger partial charge in [-0.25, -0.2) is 0 Å². The van der Waals surface area contributed by atoms with Gasteiger partial charge >= 0.3 is 17.9 Å². The van der Waals surface area contributed by atoms with Crippen molar-refractivity contribution >= 4 is 17.9 Å². The summed E-state index contributed by atoms with van der Waals surface area (Å²) in [7, 11) is 0. The fourth-order valence-corrected chi connectivity index (χ4v) is 10.1. The molecule has 0 bridgehead atoms. The van der Waals surface area contributed by atoms with Crippen molar-refractivity contribution in [3.05, 3.63) is 72.9 Å². The van der Waals surface area contributed by atoms with Crippen LogP contribution in [0, 0.1) is 0 Å². The molecule has 0 saturated carbocycles. The lowest BCUT2D eigenvalue weighted by Gasteiger charge is -2.18. The van der Waals surface area contributed by atoms with Crippen LogP contribution in [0.1, 0.15) is 361 Å². The van der Waals surface area contributed by atoms with Crippen LogP contribution in [0.5, 0.6) is 0 Å². The third-order valence-electron chi connectivity index (χ3n) is 15.4. The fourth-order valence-electron chi connectivity index (χ4n) is 10.1. The number of hydrogen-bond acceptors (Lipinski definition) is 6. The number of allylic oxidation sites excluding steroid dienone is 12. The highest BCUT2D eigenvalue weighted by molar-refractivity contribution is 5.71. The van der Waals surface area contributed by atoms with Crippen LogP contribution in [-0.4, -0.2) is 37.2 Å². The summed E-state index contributed by atoms with van der Waals surface area (Å²) in [5.74, 6) is -0.884. The first-order chi connectivity index (χ1) is 39.5. The van der Waals surface area contributed by atoms with E-state index in [0.29, 0.717) is 19.3 Å². The molecule has 0 aliphatic heterocycles. The van der Waals surface area contributed by atoms with Crippen molar-refractivity contribution in [2.75, 3.05) is 13.2 Å². The molecule has 0 radical (unpaired) electrons. The molecule has 464 valence electrons. The van der Waals surface area contributed by atoms with Crippen LogP contribution >= 0.6 is 0 Å². The number of hydrogen-bond donors (Lipinski definition) is 0. The highest BCUT2D eigenvalue weighted by Gasteiger charge is 2.19. The van der Waals surface area contributed by atoms with E-state index in [9.17, 15) is 14.4 Å². The van der Waals surface area contributed by atoms with E-state index in [-0.39, 0.29) is 31.1 Å². The predicted molar refractivity (Wildman–Crippen MR) is 348 cm³/mol. The van der Waals surface area contributed by atoms with Crippen LogP contribution in [0.15, 0.2) is 72.9 Å². The number of carbonyl (C=O) groups excluding carboxylic acids is 3. The van der Waals surface area contributed by atoms with Crippen molar-refractivity contribution < 1.29 is 28.6 Å². The molecule has 80 heavy (non-hydrogen) atoms. The zero-order valence-electron chi connectivity index (χ0n) is 53.3.